The number of hydrogen-bond donors (Lipinski definition) is 4. The predicted molar refractivity (Wildman–Crippen MR) is 92.2 cm³/mol. The largest absolute Gasteiger partial charge is 1.00 e. The molecule has 2 aromatic rings. The number of aliphatic hydroxyl groups excluding tert-OH is 3. The standard InChI is InChI=1S/C16H19NO10S.Na/c1-7-4-12(19)26-10-5-8(2-3-9(7)10)25-16-13(17-28(22,23)24)15(21)14(20)11(6-18)27-16;/h2-5,11,13-18,20-21H,6H2,1H3,(H,22,23,24);/q;+1/p-1/t11?,13?,14-,15+,16-;/m1./s1. The van der Waals surface area contributed by atoms with Crippen LogP contribution in [0.1, 0.15) is 5.56 Å². The molecule has 2 unspecified atom stereocenters. The average molecular weight is 439 g/mol. The molecular weight excluding hydrogens is 421 g/mol. The van der Waals surface area contributed by atoms with E-state index in [1.807, 2.05) is 0 Å². The van der Waals surface area contributed by atoms with E-state index in [4.69, 9.17) is 13.9 Å². The first-order chi connectivity index (χ1) is 13.1. The maximum Gasteiger partial charge on any atom is 1.00 e. The molecule has 11 nitrogen and oxygen atoms in total. The SMILES string of the molecule is Cc1cc(=O)oc2cc(O[C@@H]3OC(CO)[C@@H](O)[C@@H](O)C3NS(=O)(=O)[O-])ccc12.[Na+]. The van der Waals surface area contributed by atoms with Gasteiger partial charge in [-0.2, -0.15) is 0 Å². The third kappa shape index (κ3) is 5.55. The molecule has 4 N–H and O–H groups in total. The van der Waals surface area contributed by atoms with Crippen molar-refractivity contribution in [2.75, 3.05) is 6.61 Å². The van der Waals surface area contributed by atoms with E-state index in [0.717, 1.165) is 0 Å². The van der Waals surface area contributed by atoms with Gasteiger partial charge in [0.05, 0.1) is 6.61 Å². The fraction of sp³-hybridized carbons (Fsp3) is 0.438. The van der Waals surface area contributed by atoms with Crippen LogP contribution in [-0.2, 0) is 15.0 Å². The number of nitrogens with one attached hydrogen (secondary N) is 1. The molecule has 0 bridgehead atoms. The smallest absolute Gasteiger partial charge is 0.735 e. The van der Waals surface area contributed by atoms with E-state index in [2.05, 4.69) is 0 Å². The van der Waals surface area contributed by atoms with Crippen molar-refractivity contribution < 1.29 is 71.7 Å². The van der Waals surface area contributed by atoms with Gasteiger partial charge in [0.1, 0.15) is 35.7 Å². The second kappa shape index (κ2) is 9.39. The number of aryl methyl sites for hydroxylation is 1. The molecular formula is C16H18NNaO10S. The molecule has 154 valence electrons. The molecule has 1 aliphatic heterocycles. The van der Waals surface area contributed by atoms with Crippen molar-refractivity contribution in [2.24, 2.45) is 0 Å². The van der Waals surface area contributed by atoms with Crippen LogP contribution in [0, 0.1) is 6.92 Å². The van der Waals surface area contributed by atoms with Gasteiger partial charge in [-0.1, -0.05) is 0 Å². The van der Waals surface area contributed by atoms with E-state index in [0.29, 0.717) is 10.9 Å². The van der Waals surface area contributed by atoms with Crippen molar-refractivity contribution in [1.82, 2.24) is 4.72 Å². The quantitative estimate of drug-likeness (QED) is 0.201. The first kappa shape index (κ1) is 24.2. The minimum Gasteiger partial charge on any atom is -0.735 e. The van der Waals surface area contributed by atoms with Crippen molar-refractivity contribution in [1.29, 1.82) is 0 Å². The van der Waals surface area contributed by atoms with Crippen LogP contribution in [0.15, 0.2) is 33.5 Å². The monoisotopic (exact) mass is 439 g/mol. The van der Waals surface area contributed by atoms with Gasteiger partial charge in [0.25, 0.3) is 0 Å². The zero-order valence-corrected chi connectivity index (χ0v) is 18.3. The van der Waals surface area contributed by atoms with E-state index >= 15 is 0 Å². The zero-order valence-electron chi connectivity index (χ0n) is 15.5. The van der Waals surface area contributed by atoms with Crippen molar-refractivity contribution in [3.8, 4) is 5.75 Å². The zero-order chi connectivity index (χ0) is 20.6. The fourth-order valence-electron chi connectivity index (χ4n) is 2.99. The molecule has 0 amide bonds. The molecule has 0 spiro atoms. The summed E-state index contributed by atoms with van der Waals surface area (Å²) in [5, 5.41) is 30.0. The molecule has 0 aliphatic carbocycles. The second-order valence-electron chi connectivity index (χ2n) is 6.33. The third-order valence-electron chi connectivity index (χ3n) is 4.34. The number of hydrogen-bond acceptors (Lipinski definition) is 10. The van der Waals surface area contributed by atoms with Crippen LogP contribution in [0.4, 0.5) is 0 Å². The summed E-state index contributed by atoms with van der Waals surface area (Å²) in [7, 11) is -5.03. The van der Waals surface area contributed by atoms with Crippen LogP contribution in [0.25, 0.3) is 11.0 Å². The molecule has 13 heteroatoms. The minimum atomic E-state index is -5.03. The van der Waals surface area contributed by atoms with Crippen LogP contribution in [0.2, 0.25) is 0 Å². The molecule has 0 saturated carbocycles. The molecule has 1 aromatic heterocycles. The van der Waals surface area contributed by atoms with Crippen molar-refractivity contribution in [3.63, 3.8) is 0 Å². The van der Waals surface area contributed by atoms with Gasteiger partial charge < -0.3 is 33.8 Å². The Morgan fingerprint density at radius 3 is 2.55 bits per heavy atom. The Bertz CT molecular complexity index is 1030. The Labute approximate surface area is 187 Å². The summed E-state index contributed by atoms with van der Waals surface area (Å²) in [4.78, 5) is 11.5. The second-order valence-corrected chi connectivity index (χ2v) is 7.47. The normalized spacial score (nSPS) is 27.4. The number of ether oxygens (including phenoxy) is 2. The Kier molecular flexibility index (Phi) is 7.84. The third-order valence-corrected chi connectivity index (χ3v) is 4.90. The van der Waals surface area contributed by atoms with Crippen molar-refractivity contribution in [3.05, 3.63) is 40.2 Å². The number of benzene rings is 1. The molecule has 1 fully saturated rings. The fourth-order valence-corrected chi connectivity index (χ4v) is 3.57. The summed E-state index contributed by atoms with van der Waals surface area (Å²) in [5.41, 5.74) is 0.285. The van der Waals surface area contributed by atoms with E-state index in [1.165, 1.54) is 18.2 Å². The van der Waals surface area contributed by atoms with Crippen molar-refractivity contribution >= 4 is 21.3 Å². The molecule has 0 radical (unpaired) electrons. The first-order valence-corrected chi connectivity index (χ1v) is 9.56. The van der Waals surface area contributed by atoms with Crippen LogP contribution in [0.3, 0.4) is 0 Å². The first-order valence-electron chi connectivity index (χ1n) is 8.16. The van der Waals surface area contributed by atoms with Gasteiger partial charge in [-0.25, -0.2) is 17.9 Å². The van der Waals surface area contributed by atoms with Crippen LogP contribution in [-0.4, -0.2) is 65.5 Å². The Morgan fingerprint density at radius 2 is 1.93 bits per heavy atom. The Balaban J connectivity index is 0.00000300. The number of rotatable bonds is 5. The summed E-state index contributed by atoms with van der Waals surface area (Å²) in [6.45, 7) is 1.02. The van der Waals surface area contributed by atoms with Crippen LogP contribution >= 0.6 is 0 Å². The Hall–Kier alpha value is -1.06. The van der Waals surface area contributed by atoms with Crippen LogP contribution < -0.4 is 44.6 Å². The van der Waals surface area contributed by atoms with E-state index in [-0.39, 0.29) is 40.9 Å². The average Bonchev–Trinajstić information content (AvgIpc) is 2.59. The minimum absolute atomic E-state index is 0. The van der Waals surface area contributed by atoms with E-state index in [1.54, 1.807) is 17.7 Å². The maximum absolute atomic E-state index is 11.5. The molecule has 1 saturated heterocycles. The number of fused-ring (bicyclic) bond motifs is 1. The van der Waals surface area contributed by atoms with Gasteiger partial charge in [-0.3, -0.25) is 0 Å². The van der Waals surface area contributed by atoms with Crippen molar-refractivity contribution in [2.45, 2.75) is 37.6 Å². The number of aliphatic hydroxyl groups is 3. The van der Waals surface area contributed by atoms with E-state index < -0.39 is 53.2 Å². The maximum atomic E-state index is 11.5. The van der Waals surface area contributed by atoms with Gasteiger partial charge in [0, 0.05) is 17.5 Å². The summed E-state index contributed by atoms with van der Waals surface area (Å²) in [6, 6.07) is 4.08. The summed E-state index contributed by atoms with van der Waals surface area (Å²) < 4.78 is 50.8. The summed E-state index contributed by atoms with van der Waals surface area (Å²) in [5.74, 6) is 0.0710. The van der Waals surface area contributed by atoms with E-state index in [9.17, 15) is 33.1 Å². The van der Waals surface area contributed by atoms with Crippen LogP contribution in [0.5, 0.6) is 5.75 Å². The molecule has 29 heavy (non-hydrogen) atoms. The predicted octanol–water partition coefficient (Wildman–Crippen LogP) is -4.66. The molecule has 5 atom stereocenters. The van der Waals surface area contributed by atoms with Gasteiger partial charge in [0.15, 0.2) is 10.3 Å². The summed E-state index contributed by atoms with van der Waals surface area (Å²) >= 11 is 0. The summed E-state index contributed by atoms with van der Waals surface area (Å²) in [6.07, 6.45) is -6.30. The van der Waals surface area contributed by atoms with Gasteiger partial charge >= 0.3 is 35.2 Å². The Morgan fingerprint density at radius 1 is 1.24 bits per heavy atom. The molecule has 2 heterocycles. The molecule has 3 rings (SSSR count). The molecule has 1 aromatic carbocycles. The van der Waals surface area contributed by atoms with Gasteiger partial charge in [-0.15, -0.1) is 0 Å². The molecule has 1 aliphatic rings. The topological polar surface area (TPSA) is 179 Å². The van der Waals surface area contributed by atoms with Gasteiger partial charge in [-0.05, 0) is 24.6 Å². The van der Waals surface area contributed by atoms with Gasteiger partial charge in [0.2, 0.25) is 6.29 Å².